The largest absolute Gasteiger partial charge is 0.508 e. The van der Waals surface area contributed by atoms with Gasteiger partial charge in [-0.15, -0.1) is 0 Å². The molecule has 2 rings (SSSR count). The summed E-state index contributed by atoms with van der Waals surface area (Å²) >= 11 is 0. The van der Waals surface area contributed by atoms with Crippen LogP contribution in [0, 0.1) is 0 Å². The number of hydrogen-bond donors (Lipinski definition) is 1. The summed E-state index contributed by atoms with van der Waals surface area (Å²) in [4.78, 5) is 12.3. The van der Waals surface area contributed by atoms with Crippen molar-refractivity contribution in [3.63, 3.8) is 0 Å². The Labute approximate surface area is 119 Å². The first-order valence-corrected chi connectivity index (χ1v) is 6.76. The average molecular weight is 266 g/mol. The highest BCUT2D eigenvalue weighted by molar-refractivity contribution is 5.98. The zero-order chi connectivity index (χ0) is 14.4. The van der Waals surface area contributed by atoms with Gasteiger partial charge in [0.05, 0.1) is 0 Å². The Morgan fingerprint density at radius 1 is 1.10 bits per heavy atom. The quantitative estimate of drug-likeness (QED) is 0.825. The Bertz CT molecular complexity index is 583. The first-order valence-electron chi connectivity index (χ1n) is 6.76. The maximum atomic E-state index is 12.3. The number of phenols is 1. The second kappa shape index (κ2) is 6.71. The number of phenolic OH excluding ortho intramolecular Hbond substituents is 1. The van der Waals surface area contributed by atoms with E-state index in [1.165, 1.54) is 0 Å². The lowest BCUT2D eigenvalue weighted by Crippen LogP contribution is -2.08. The van der Waals surface area contributed by atoms with Crippen molar-refractivity contribution in [2.24, 2.45) is 0 Å². The Balaban J connectivity index is 2.12. The molecule has 0 saturated carbocycles. The summed E-state index contributed by atoms with van der Waals surface area (Å²) in [7, 11) is 0. The fourth-order valence-corrected chi connectivity index (χ4v) is 2.17. The van der Waals surface area contributed by atoms with Crippen LogP contribution in [-0.2, 0) is 4.79 Å². The van der Waals surface area contributed by atoms with Crippen molar-refractivity contribution in [3.8, 4) is 5.75 Å². The summed E-state index contributed by atoms with van der Waals surface area (Å²) in [5.41, 5.74) is 1.95. The summed E-state index contributed by atoms with van der Waals surface area (Å²) in [6, 6.07) is 16.6. The lowest BCUT2D eigenvalue weighted by atomic mass is 9.92. The molecule has 2 aromatic rings. The molecule has 2 nitrogen and oxygen atoms in total. The molecule has 2 aromatic carbocycles. The van der Waals surface area contributed by atoms with E-state index in [9.17, 15) is 9.90 Å². The summed E-state index contributed by atoms with van der Waals surface area (Å²) < 4.78 is 0. The maximum Gasteiger partial charge on any atom is 0.163 e. The number of hydrogen-bond acceptors (Lipinski definition) is 2. The summed E-state index contributed by atoms with van der Waals surface area (Å²) in [5, 5.41) is 9.22. The van der Waals surface area contributed by atoms with Crippen LogP contribution in [0.3, 0.4) is 0 Å². The van der Waals surface area contributed by atoms with Gasteiger partial charge in [0.15, 0.2) is 5.78 Å². The Hall–Kier alpha value is -2.35. The van der Waals surface area contributed by atoms with Gasteiger partial charge in [-0.2, -0.15) is 0 Å². The molecule has 0 aliphatic heterocycles. The van der Waals surface area contributed by atoms with Crippen LogP contribution >= 0.6 is 0 Å². The van der Waals surface area contributed by atoms with Crippen molar-refractivity contribution >= 4 is 11.9 Å². The standard InChI is InChI=1S/C18H18O2/c1-2-17(15-6-4-3-5-7-15)18(20)13-10-14-8-11-16(19)12-9-14/h3-13,17,19H,2H2,1H3/b13-10+. The third kappa shape index (κ3) is 3.58. The van der Waals surface area contributed by atoms with Crippen molar-refractivity contribution < 1.29 is 9.90 Å². The fourth-order valence-electron chi connectivity index (χ4n) is 2.17. The van der Waals surface area contributed by atoms with Crippen LogP contribution in [-0.4, -0.2) is 10.9 Å². The molecule has 0 aliphatic rings. The van der Waals surface area contributed by atoms with E-state index in [1.807, 2.05) is 37.3 Å². The predicted molar refractivity (Wildman–Crippen MR) is 81.6 cm³/mol. The van der Waals surface area contributed by atoms with Crippen molar-refractivity contribution in [2.75, 3.05) is 0 Å². The Kier molecular flexibility index (Phi) is 4.72. The van der Waals surface area contributed by atoms with Gasteiger partial charge in [-0.05, 0) is 35.8 Å². The van der Waals surface area contributed by atoms with E-state index in [1.54, 1.807) is 36.4 Å². The van der Waals surface area contributed by atoms with E-state index in [0.717, 1.165) is 17.5 Å². The van der Waals surface area contributed by atoms with Gasteiger partial charge in [0.1, 0.15) is 5.75 Å². The lowest BCUT2D eigenvalue weighted by molar-refractivity contribution is -0.116. The van der Waals surface area contributed by atoms with Gasteiger partial charge >= 0.3 is 0 Å². The first kappa shape index (κ1) is 14.1. The fraction of sp³-hybridized carbons (Fsp3) is 0.167. The number of benzene rings is 2. The molecule has 0 aromatic heterocycles. The summed E-state index contributed by atoms with van der Waals surface area (Å²) in [5.74, 6) is 0.237. The van der Waals surface area contributed by atoms with Crippen LogP contribution in [0.5, 0.6) is 5.75 Å². The molecule has 0 bridgehead atoms. The van der Waals surface area contributed by atoms with Gasteiger partial charge in [0.2, 0.25) is 0 Å². The second-order valence-electron chi connectivity index (χ2n) is 4.70. The Morgan fingerprint density at radius 3 is 2.35 bits per heavy atom. The number of rotatable bonds is 5. The van der Waals surface area contributed by atoms with Gasteiger partial charge in [0, 0.05) is 5.92 Å². The summed E-state index contributed by atoms with van der Waals surface area (Å²) in [6.07, 6.45) is 4.18. The van der Waals surface area contributed by atoms with E-state index in [2.05, 4.69) is 0 Å². The van der Waals surface area contributed by atoms with E-state index in [-0.39, 0.29) is 17.5 Å². The number of aromatic hydroxyl groups is 1. The number of ketones is 1. The van der Waals surface area contributed by atoms with Crippen LogP contribution in [0.15, 0.2) is 60.7 Å². The van der Waals surface area contributed by atoms with Crippen LogP contribution in [0.25, 0.3) is 6.08 Å². The molecule has 0 fully saturated rings. The highest BCUT2D eigenvalue weighted by Gasteiger charge is 2.15. The smallest absolute Gasteiger partial charge is 0.163 e. The molecule has 1 atom stereocenters. The van der Waals surface area contributed by atoms with Gasteiger partial charge in [0.25, 0.3) is 0 Å². The highest BCUT2D eigenvalue weighted by atomic mass is 16.3. The average Bonchev–Trinajstić information content (AvgIpc) is 2.48. The molecule has 0 radical (unpaired) electrons. The molecule has 1 unspecified atom stereocenters. The van der Waals surface area contributed by atoms with Crippen molar-refractivity contribution in [2.45, 2.75) is 19.3 Å². The molecular weight excluding hydrogens is 248 g/mol. The molecular formula is C18H18O2. The van der Waals surface area contributed by atoms with Crippen LogP contribution in [0.1, 0.15) is 30.4 Å². The first-order chi connectivity index (χ1) is 9.70. The van der Waals surface area contributed by atoms with Crippen molar-refractivity contribution in [1.82, 2.24) is 0 Å². The number of carbonyl (C=O) groups excluding carboxylic acids is 1. The molecule has 0 saturated heterocycles. The molecule has 1 N–H and O–H groups in total. The van der Waals surface area contributed by atoms with Gasteiger partial charge in [-0.3, -0.25) is 4.79 Å². The molecule has 0 heterocycles. The SMILES string of the molecule is CCC(C(=O)/C=C/c1ccc(O)cc1)c1ccccc1. The summed E-state index contributed by atoms with van der Waals surface area (Å²) in [6.45, 7) is 2.02. The minimum Gasteiger partial charge on any atom is -0.508 e. The number of carbonyl (C=O) groups is 1. The normalized spacial score (nSPS) is 12.4. The maximum absolute atomic E-state index is 12.3. The van der Waals surface area contributed by atoms with E-state index >= 15 is 0 Å². The van der Waals surface area contributed by atoms with Gasteiger partial charge < -0.3 is 5.11 Å². The molecule has 0 spiro atoms. The Morgan fingerprint density at radius 2 is 1.75 bits per heavy atom. The minimum atomic E-state index is -0.0930. The van der Waals surface area contributed by atoms with Crippen molar-refractivity contribution in [1.29, 1.82) is 0 Å². The topological polar surface area (TPSA) is 37.3 Å². The van der Waals surface area contributed by atoms with E-state index in [4.69, 9.17) is 0 Å². The van der Waals surface area contributed by atoms with E-state index in [0.29, 0.717) is 0 Å². The second-order valence-corrected chi connectivity index (χ2v) is 4.70. The van der Waals surface area contributed by atoms with Crippen LogP contribution in [0.2, 0.25) is 0 Å². The highest BCUT2D eigenvalue weighted by Crippen LogP contribution is 2.21. The molecule has 2 heteroatoms. The molecule has 20 heavy (non-hydrogen) atoms. The van der Waals surface area contributed by atoms with Crippen LogP contribution < -0.4 is 0 Å². The predicted octanol–water partition coefficient (Wildman–Crippen LogP) is 4.17. The molecule has 0 aliphatic carbocycles. The molecule has 0 amide bonds. The van der Waals surface area contributed by atoms with Crippen molar-refractivity contribution in [3.05, 3.63) is 71.8 Å². The van der Waals surface area contributed by atoms with Gasteiger partial charge in [-0.25, -0.2) is 0 Å². The minimum absolute atomic E-state index is 0.0930. The molecule has 102 valence electrons. The van der Waals surface area contributed by atoms with E-state index < -0.39 is 0 Å². The third-order valence-corrected chi connectivity index (χ3v) is 3.29. The number of allylic oxidation sites excluding steroid dienone is 1. The van der Waals surface area contributed by atoms with Gasteiger partial charge in [-0.1, -0.05) is 55.5 Å². The zero-order valence-corrected chi connectivity index (χ0v) is 11.5. The monoisotopic (exact) mass is 266 g/mol. The zero-order valence-electron chi connectivity index (χ0n) is 11.5. The third-order valence-electron chi connectivity index (χ3n) is 3.29. The van der Waals surface area contributed by atoms with Crippen LogP contribution in [0.4, 0.5) is 0 Å². The lowest BCUT2D eigenvalue weighted by Gasteiger charge is -2.11.